The Morgan fingerprint density at radius 2 is 1.75 bits per heavy atom. The van der Waals surface area contributed by atoms with Crippen molar-refractivity contribution >= 4 is 17.7 Å². The third-order valence-corrected chi connectivity index (χ3v) is 4.06. The summed E-state index contributed by atoms with van der Waals surface area (Å²) in [4.78, 5) is 20.4. The maximum Gasteiger partial charge on any atom is 0.248 e. The molecule has 1 amide bonds. The molecule has 0 aliphatic carbocycles. The van der Waals surface area contributed by atoms with Gasteiger partial charge in [0.05, 0.1) is 5.69 Å². The molecule has 6 heteroatoms. The first-order valence-electron chi connectivity index (χ1n) is 8.74. The summed E-state index contributed by atoms with van der Waals surface area (Å²) < 4.78 is 1.79. The number of anilines is 1. The minimum atomic E-state index is -0.226. The molecular formula is C22H17N5O. The van der Waals surface area contributed by atoms with Gasteiger partial charge in [-0.3, -0.25) is 14.8 Å². The van der Waals surface area contributed by atoms with E-state index in [0.717, 1.165) is 22.5 Å². The van der Waals surface area contributed by atoms with E-state index in [2.05, 4.69) is 15.3 Å². The molecule has 3 heterocycles. The quantitative estimate of drug-likeness (QED) is 0.542. The Morgan fingerprint density at radius 1 is 0.929 bits per heavy atom. The molecule has 0 saturated heterocycles. The maximum atomic E-state index is 12.3. The normalized spacial score (nSPS) is 10.9. The van der Waals surface area contributed by atoms with Crippen LogP contribution in [0.4, 0.5) is 5.69 Å². The van der Waals surface area contributed by atoms with Crippen LogP contribution in [0.25, 0.3) is 23.0 Å². The van der Waals surface area contributed by atoms with Crippen molar-refractivity contribution < 1.29 is 4.79 Å². The topological polar surface area (TPSA) is 72.7 Å². The highest BCUT2D eigenvalue weighted by Crippen LogP contribution is 2.24. The molecule has 0 atom stereocenters. The fraction of sp³-hybridized carbons (Fsp3) is 0. The van der Waals surface area contributed by atoms with Gasteiger partial charge in [0.2, 0.25) is 5.91 Å². The molecule has 1 aromatic carbocycles. The first kappa shape index (κ1) is 17.4. The number of para-hydroxylation sites is 1. The van der Waals surface area contributed by atoms with Gasteiger partial charge in [-0.05, 0) is 42.5 Å². The summed E-state index contributed by atoms with van der Waals surface area (Å²) in [7, 11) is 0. The van der Waals surface area contributed by atoms with E-state index in [9.17, 15) is 4.79 Å². The van der Waals surface area contributed by atoms with Gasteiger partial charge in [0, 0.05) is 53.9 Å². The number of carbonyl (C=O) groups excluding carboxylic acids is 1. The molecule has 0 bridgehead atoms. The van der Waals surface area contributed by atoms with Crippen LogP contribution in [0.3, 0.4) is 0 Å². The van der Waals surface area contributed by atoms with Crippen LogP contribution in [0.1, 0.15) is 5.56 Å². The molecule has 136 valence electrons. The van der Waals surface area contributed by atoms with Crippen molar-refractivity contribution in [2.24, 2.45) is 0 Å². The monoisotopic (exact) mass is 367 g/mol. The lowest BCUT2D eigenvalue weighted by Crippen LogP contribution is -2.07. The zero-order valence-corrected chi connectivity index (χ0v) is 14.9. The molecule has 0 aliphatic rings. The Labute approximate surface area is 162 Å². The van der Waals surface area contributed by atoms with E-state index in [1.165, 1.54) is 6.08 Å². The van der Waals surface area contributed by atoms with Crippen LogP contribution in [-0.2, 0) is 4.79 Å². The standard InChI is InChI=1S/C22H17N5O/c28-21(25-19-10-13-23-14-11-19)9-8-18-16-27(20-6-2-1-3-7-20)26-22(18)17-5-4-12-24-15-17/h1-16H,(H,23,25,28)/b9-8+. The van der Waals surface area contributed by atoms with Crippen molar-refractivity contribution in [1.82, 2.24) is 19.7 Å². The van der Waals surface area contributed by atoms with E-state index < -0.39 is 0 Å². The fourth-order valence-electron chi connectivity index (χ4n) is 2.73. The predicted octanol–water partition coefficient (Wildman–Crippen LogP) is 3.98. The third-order valence-electron chi connectivity index (χ3n) is 4.06. The number of hydrogen-bond acceptors (Lipinski definition) is 4. The van der Waals surface area contributed by atoms with Crippen LogP contribution in [-0.4, -0.2) is 25.7 Å². The van der Waals surface area contributed by atoms with E-state index in [4.69, 9.17) is 5.10 Å². The first-order chi connectivity index (χ1) is 13.8. The van der Waals surface area contributed by atoms with Gasteiger partial charge < -0.3 is 5.32 Å². The number of nitrogens with one attached hydrogen (secondary N) is 1. The predicted molar refractivity (Wildman–Crippen MR) is 109 cm³/mol. The van der Waals surface area contributed by atoms with E-state index in [1.807, 2.05) is 48.7 Å². The maximum absolute atomic E-state index is 12.3. The van der Waals surface area contributed by atoms with Crippen LogP contribution in [0.15, 0.2) is 91.7 Å². The van der Waals surface area contributed by atoms with Crippen molar-refractivity contribution in [2.75, 3.05) is 5.32 Å². The molecule has 0 radical (unpaired) electrons. The van der Waals surface area contributed by atoms with Crippen molar-refractivity contribution in [3.63, 3.8) is 0 Å². The minimum absolute atomic E-state index is 0.226. The Hall–Kier alpha value is -4.06. The molecular weight excluding hydrogens is 350 g/mol. The largest absolute Gasteiger partial charge is 0.322 e. The molecule has 3 aromatic heterocycles. The zero-order chi connectivity index (χ0) is 19.2. The average Bonchev–Trinajstić information content (AvgIpc) is 3.19. The Bertz CT molecular complexity index is 1090. The molecule has 1 N–H and O–H groups in total. The highest BCUT2D eigenvalue weighted by molar-refractivity contribution is 6.02. The zero-order valence-electron chi connectivity index (χ0n) is 14.9. The SMILES string of the molecule is O=C(/C=C/c1cn(-c2ccccc2)nc1-c1cccnc1)Nc1ccncc1. The Balaban J connectivity index is 1.65. The number of benzene rings is 1. The summed E-state index contributed by atoms with van der Waals surface area (Å²) in [5.74, 6) is -0.226. The van der Waals surface area contributed by atoms with Gasteiger partial charge in [-0.1, -0.05) is 18.2 Å². The van der Waals surface area contributed by atoms with E-state index in [1.54, 1.807) is 47.7 Å². The van der Waals surface area contributed by atoms with Gasteiger partial charge in [-0.25, -0.2) is 4.68 Å². The van der Waals surface area contributed by atoms with E-state index >= 15 is 0 Å². The number of hydrogen-bond donors (Lipinski definition) is 1. The van der Waals surface area contributed by atoms with Gasteiger partial charge in [-0.15, -0.1) is 0 Å². The first-order valence-corrected chi connectivity index (χ1v) is 8.74. The van der Waals surface area contributed by atoms with Crippen LogP contribution in [0, 0.1) is 0 Å². The Morgan fingerprint density at radius 3 is 2.50 bits per heavy atom. The molecule has 0 spiro atoms. The average molecular weight is 367 g/mol. The van der Waals surface area contributed by atoms with Crippen LogP contribution >= 0.6 is 0 Å². The highest BCUT2D eigenvalue weighted by Gasteiger charge is 2.11. The van der Waals surface area contributed by atoms with Crippen molar-refractivity contribution in [3.05, 3.63) is 97.2 Å². The van der Waals surface area contributed by atoms with Crippen LogP contribution in [0.2, 0.25) is 0 Å². The molecule has 0 unspecified atom stereocenters. The van der Waals surface area contributed by atoms with E-state index in [-0.39, 0.29) is 5.91 Å². The second-order valence-electron chi connectivity index (χ2n) is 6.01. The van der Waals surface area contributed by atoms with Gasteiger partial charge in [0.1, 0.15) is 5.69 Å². The van der Waals surface area contributed by atoms with Crippen molar-refractivity contribution in [3.8, 4) is 16.9 Å². The fourth-order valence-corrected chi connectivity index (χ4v) is 2.73. The molecule has 28 heavy (non-hydrogen) atoms. The summed E-state index contributed by atoms with van der Waals surface area (Å²) in [5, 5.41) is 7.50. The Kier molecular flexibility index (Phi) is 5.02. The summed E-state index contributed by atoms with van der Waals surface area (Å²) in [6.45, 7) is 0. The summed E-state index contributed by atoms with van der Waals surface area (Å²) in [5.41, 5.74) is 4.09. The molecule has 0 aliphatic heterocycles. The number of carbonyl (C=O) groups is 1. The minimum Gasteiger partial charge on any atom is -0.322 e. The highest BCUT2D eigenvalue weighted by atomic mass is 16.1. The van der Waals surface area contributed by atoms with Crippen molar-refractivity contribution in [1.29, 1.82) is 0 Å². The lowest BCUT2D eigenvalue weighted by molar-refractivity contribution is -0.111. The van der Waals surface area contributed by atoms with E-state index in [0.29, 0.717) is 5.69 Å². The molecule has 4 aromatic rings. The molecule has 6 nitrogen and oxygen atoms in total. The van der Waals surface area contributed by atoms with Crippen LogP contribution in [0.5, 0.6) is 0 Å². The second-order valence-corrected chi connectivity index (χ2v) is 6.01. The third kappa shape index (κ3) is 4.02. The second kappa shape index (κ2) is 8.09. The molecule has 0 saturated carbocycles. The number of aromatic nitrogens is 4. The number of rotatable bonds is 5. The van der Waals surface area contributed by atoms with Gasteiger partial charge in [0.25, 0.3) is 0 Å². The van der Waals surface area contributed by atoms with Gasteiger partial charge >= 0.3 is 0 Å². The summed E-state index contributed by atoms with van der Waals surface area (Å²) in [6.07, 6.45) is 11.9. The lowest BCUT2D eigenvalue weighted by Gasteiger charge is -2.00. The van der Waals surface area contributed by atoms with Gasteiger partial charge in [0.15, 0.2) is 0 Å². The molecule has 4 rings (SSSR count). The van der Waals surface area contributed by atoms with Crippen LogP contribution < -0.4 is 5.32 Å². The number of amides is 1. The van der Waals surface area contributed by atoms with Crippen molar-refractivity contribution in [2.45, 2.75) is 0 Å². The van der Waals surface area contributed by atoms with Gasteiger partial charge in [-0.2, -0.15) is 5.10 Å². The smallest absolute Gasteiger partial charge is 0.248 e. The number of nitrogens with zero attached hydrogens (tertiary/aromatic N) is 4. The summed E-state index contributed by atoms with van der Waals surface area (Å²) in [6, 6.07) is 17.1. The summed E-state index contributed by atoms with van der Waals surface area (Å²) >= 11 is 0. The lowest BCUT2D eigenvalue weighted by atomic mass is 10.1. The number of pyridine rings is 2. The molecule has 0 fully saturated rings.